The summed E-state index contributed by atoms with van der Waals surface area (Å²) in [4.78, 5) is 6.84. The van der Waals surface area contributed by atoms with Gasteiger partial charge >= 0.3 is 0 Å². The Morgan fingerprint density at radius 2 is 2.29 bits per heavy atom. The summed E-state index contributed by atoms with van der Waals surface area (Å²) in [6.07, 6.45) is 2.08. The van der Waals surface area contributed by atoms with Crippen molar-refractivity contribution < 1.29 is 0 Å². The van der Waals surface area contributed by atoms with Gasteiger partial charge in [0.1, 0.15) is 0 Å². The van der Waals surface area contributed by atoms with E-state index >= 15 is 0 Å². The number of thioether (sulfide) groups is 1. The molecule has 1 aliphatic rings. The Morgan fingerprint density at radius 3 is 2.86 bits per heavy atom. The molecule has 1 aromatic rings. The first-order valence-corrected chi connectivity index (χ1v) is 8.34. The first-order chi connectivity index (χ1) is 9.61. The lowest BCUT2D eigenvalue weighted by atomic mass is 10.1. The second kappa shape index (κ2) is 8.92. The van der Waals surface area contributed by atoms with E-state index in [2.05, 4.69) is 70.8 Å². The van der Waals surface area contributed by atoms with Gasteiger partial charge in [-0.3, -0.25) is 4.99 Å². The minimum Gasteiger partial charge on any atom is -0.353 e. The van der Waals surface area contributed by atoms with Crippen molar-refractivity contribution in [3.05, 3.63) is 24.0 Å². The van der Waals surface area contributed by atoms with Gasteiger partial charge in [0.2, 0.25) is 0 Å². The first kappa shape index (κ1) is 18.7. The molecule has 0 aliphatic carbocycles. The predicted molar refractivity (Wildman–Crippen MR) is 104 cm³/mol. The second-order valence-corrected chi connectivity index (χ2v) is 6.96. The quantitative estimate of drug-likeness (QED) is 0.462. The molecule has 1 unspecified atom stereocenters. The molecule has 6 heteroatoms. The maximum Gasteiger partial charge on any atom is 0.194 e. The number of halogens is 1. The fraction of sp³-hybridized carbons (Fsp3) is 0.667. The average molecular weight is 422 g/mol. The molecule has 0 spiro atoms. The smallest absolute Gasteiger partial charge is 0.194 e. The summed E-state index contributed by atoms with van der Waals surface area (Å²) in [5.41, 5.74) is 1.28. The van der Waals surface area contributed by atoms with E-state index in [4.69, 9.17) is 0 Å². The fourth-order valence-corrected chi connectivity index (χ4v) is 3.75. The van der Waals surface area contributed by atoms with Crippen LogP contribution in [0.5, 0.6) is 0 Å². The van der Waals surface area contributed by atoms with Crippen LogP contribution >= 0.6 is 35.7 Å². The van der Waals surface area contributed by atoms with Crippen molar-refractivity contribution in [1.29, 1.82) is 0 Å². The molecule has 1 saturated heterocycles. The van der Waals surface area contributed by atoms with Gasteiger partial charge < -0.3 is 14.8 Å². The highest BCUT2D eigenvalue weighted by atomic mass is 127. The molecule has 0 saturated carbocycles. The molecular weight excluding hydrogens is 395 g/mol. The molecule has 0 amide bonds. The van der Waals surface area contributed by atoms with Crippen molar-refractivity contribution in [2.75, 3.05) is 25.9 Å². The number of nitrogens with one attached hydrogen (secondary N) is 1. The number of guanidine groups is 1. The number of rotatable bonds is 3. The SMILES string of the molecule is CN=C(NCc1cccn1C)N1CCSC(C(C)C)C1.I. The van der Waals surface area contributed by atoms with Crippen LogP contribution in [0.3, 0.4) is 0 Å². The Hall–Kier alpha value is -0.370. The third-order valence-corrected chi connectivity index (χ3v) is 5.37. The van der Waals surface area contributed by atoms with Gasteiger partial charge in [-0.05, 0) is 18.1 Å². The van der Waals surface area contributed by atoms with Gasteiger partial charge in [-0.25, -0.2) is 0 Å². The molecule has 1 N–H and O–H groups in total. The van der Waals surface area contributed by atoms with E-state index in [1.165, 1.54) is 11.4 Å². The number of nitrogens with zero attached hydrogens (tertiary/aromatic N) is 3. The molecule has 1 aromatic heterocycles. The summed E-state index contributed by atoms with van der Waals surface area (Å²) in [5.74, 6) is 2.93. The van der Waals surface area contributed by atoms with E-state index in [0.29, 0.717) is 11.2 Å². The summed E-state index contributed by atoms with van der Waals surface area (Å²) in [6.45, 7) is 7.62. The van der Waals surface area contributed by atoms with E-state index in [9.17, 15) is 0 Å². The molecule has 21 heavy (non-hydrogen) atoms. The highest BCUT2D eigenvalue weighted by molar-refractivity contribution is 14.0. The lowest BCUT2D eigenvalue weighted by Gasteiger charge is -2.36. The summed E-state index contributed by atoms with van der Waals surface area (Å²) >= 11 is 2.09. The predicted octanol–water partition coefficient (Wildman–Crippen LogP) is 2.79. The van der Waals surface area contributed by atoms with Crippen LogP contribution in [0.15, 0.2) is 23.3 Å². The van der Waals surface area contributed by atoms with Crippen LogP contribution in [0.4, 0.5) is 0 Å². The number of hydrogen-bond acceptors (Lipinski definition) is 2. The summed E-state index contributed by atoms with van der Waals surface area (Å²) in [5, 5.41) is 4.19. The summed E-state index contributed by atoms with van der Waals surface area (Å²) in [6, 6.07) is 4.22. The van der Waals surface area contributed by atoms with Crippen molar-refractivity contribution >= 4 is 41.7 Å². The molecule has 4 nitrogen and oxygen atoms in total. The number of hydrogen-bond donors (Lipinski definition) is 1. The molecule has 120 valence electrons. The molecule has 1 atom stereocenters. The van der Waals surface area contributed by atoms with Crippen molar-refractivity contribution in [3.8, 4) is 0 Å². The van der Waals surface area contributed by atoms with E-state index in [0.717, 1.165) is 25.6 Å². The zero-order valence-electron chi connectivity index (χ0n) is 13.4. The highest BCUT2D eigenvalue weighted by Gasteiger charge is 2.24. The lowest BCUT2D eigenvalue weighted by molar-refractivity contribution is 0.380. The maximum absolute atomic E-state index is 4.45. The summed E-state index contributed by atoms with van der Waals surface area (Å²) in [7, 11) is 3.95. The van der Waals surface area contributed by atoms with Gasteiger partial charge in [-0.1, -0.05) is 13.8 Å². The van der Waals surface area contributed by atoms with Crippen molar-refractivity contribution in [1.82, 2.24) is 14.8 Å². The third kappa shape index (κ3) is 5.09. The Bertz CT molecular complexity index is 458. The Kier molecular flexibility index (Phi) is 7.94. The van der Waals surface area contributed by atoms with E-state index in [1.54, 1.807) is 0 Å². The van der Waals surface area contributed by atoms with Crippen LogP contribution in [0.25, 0.3) is 0 Å². The lowest BCUT2D eigenvalue weighted by Crippen LogP contribution is -2.48. The molecular formula is C15H27IN4S. The van der Waals surface area contributed by atoms with Crippen LogP contribution in [-0.4, -0.2) is 46.6 Å². The van der Waals surface area contributed by atoms with Crippen LogP contribution in [-0.2, 0) is 13.6 Å². The Labute approximate surface area is 149 Å². The van der Waals surface area contributed by atoms with Gasteiger partial charge in [0.25, 0.3) is 0 Å². The second-order valence-electron chi connectivity index (χ2n) is 5.61. The number of aromatic nitrogens is 1. The molecule has 1 aliphatic heterocycles. The minimum atomic E-state index is 0. The van der Waals surface area contributed by atoms with E-state index < -0.39 is 0 Å². The van der Waals surface area contributed by atoms with Crippen molar-refractivity contribution in [3.63, 3.8) is 0 Å². The standard InChI is InChI=1S/C15H26N4S.HI/c1-12(2)14-11-19(8-9-20-14)15(16-3)17-10-13-6-5-7-18(13)4;/h5-7,12,14H,8-11H2,1-4H3,(H,16,17);1H. The Morgan fingerprint density at radius 1 is 1.52 bits per heavy atom. The molecule has 2 rings (SSSR count). The first-order valence-electron chi connectivity index (χ1n) is 7.29. The van der Waals surface area contributed by atoms with Crippen LogP contribution < -0.4 is 5.32 Å². The molecule has 0 radical (unpaired) electrons. The fourth-order valence-electron chi connectivity index (χ4n) is 2.45. The zero-order chi connectivity index (χ0) is 14.5. The van der Waals surface area contributed by atoms with Gasteiger partial charge in [0.15, 0.2) is 5.96 Å². The molecule has 0 bridgehead atoms. The Balaban J connectivity index is 0.00000220. The van der Waals surface area contributed by atoms with Gasteiger partial charge in [-0.2, -0.15) is 11.8 Å². The number of aliphatic imine (C=N–C) groups is 1. The van der Waals surface area contributed by atoms with Crippen molar-refractivity contribution in [2.45, 2.75) is 25.6 Å². The monoisotopic (exact) mass is 422 g/mol. The topological polar surface area (TPSA) is 32.6 Å². The average Bonchev–Trinajstić information content (AvgIpc) is 2.85. The maximum atomic E-state index is 4.45. The van der Waals surface area contributed by atoms with Gasteiger partial charge in [0, 0.05) is 50.1 Å². The van der Waals surface area contributed by atoms with Gasteiger partial charge in [-0.15, -0.1) is 24.0 Å². The zero-order valence-corrected chi connectivity index (χ0v) is 16.5. The van der Waals surface area contributed by atoms with Crippen LogP contribution in [0.1, 0.15) is 19.5 Å². The molecule has 0 aromatic carbocycles. The molecule has 2 heterocycles. The third-order valence-electron chi connectivity index (χ3n) is 3.83. The number of aryl methyl sites for hydroxylation is 1. The minimum absolute atomic E-state index is 0. The van der Waals surface area contributed by atoms with Crippen molar-refractivity contribution in [2.24, 2.45) is 18.0 Å². The largest absolute Gasteiger partial charge is 0.353 e. The van der Waals surface area contributed by atoms with Gasteiger partial charge in [0.05, 0.1) is 6.54 Å². The summed E-state index contributed by atoms with van der Waals surface area (Å²) < 4.78 is 2.14. The highest BCUT2D eigenvalue weighted by Crippen LogP contribution is 2.24. The molecule has 1 fully saturated rings. The van der Waals surface area contributed by atoms with E-state index in [-0.39, 0.29) is 24.0 Å². The van der Waals surface area contributed by atoms with E-state index in [1.807, 2.05) is 7.05 Å². The van der Waals surface area contributed by atoms with Crippen LogP contribution in [0.2, 0.25) is 0 Å². The normalized spacial score (nSPS) is 19.6. The van der Waals surface area contributed by atoms with Crippen LogP contribution in [0, 0.1) is 5.92 Å².